The second-order valence-corrected chi connectivity index (χ2v) is 7.71. The molecular weight excluding hydrogens is 409 g/mol. The number of likely N-dealkylation sites (N-methyl/N-ethyl adjacent to an activating group) is 1. The van der Waals surface area contributed by atoms with Gasteiger partial charge in [0.15, 0.2) is 0 Å². The van der Waals surface area contributed by atoms with E-state index in [1.807, 2.05) is 6.07 Å². The highest BCUT2D eigenvalue weighted by atomic mass is 127. The molecule has 2 aromatic rings. The summed E-state index contributed by atoms with van der Waals surface area (Å²) in [5.74, 6) is 0.860. The van der Waals surface area contributed by atoms with Gasteiger partial charge in [-0.15, -0.1) is 11.6 Å². The Labute approximate surface area is 150 Å². The van der Waals surface area contributed by atoms with E-state index in [2.05, 4.69) is 70.9 Å². The number of rotatable bonds is 2. The molecule has 0 saturated heterocycles. The van der Waals surface area contributed by atoms with Gasteiger partial charge in [0.25, 0.3) is 0 Å². The largest absolute Gasteiger partial charge is 0.497 e. The minimum atomic E-state index is -0.542. The standard InChI is InChI=1S/C18H19ClINO/c1-21-10-9-13-3-8-16(22-2)11-17(13)18(19,12-21)14-4-6-15(20)7-5-14/h3-8,11H,9-10,12H2,1-2H3. The minimum absolute atomic E-state index is 0.542. The smallest absolute Gasteiger partial charge is 0.119 e. The third kappa shape index (κ3) is 2.99. The highest BCUT2D eigenvalue weighted by Crippen LogP contribution is 2.42. The molecule has 1 unspecified atom stereocenters. The highest BCUT2D eigenvalue weighted by Gasteiger charge is 2.37. The minimum Gasteiger partial charge on any atom is -0.497 e. The molecule has 3 rings (SSSR count). The first-order valence-corrected chi connectivity index (χ1v) is 8.79. The zero-order chi connectivity index (χ0) is 15.7. The van der Waals surface area contributed by atoms with Crippen molar-refractivity contribution in [3.8, 4) is 5.75 Å². The summed E-state index contributed by atoms with van der Waals surface area (Å²) < 4.78 is 6.64. The average Bonchev–Trinajstić information content (AvgIpc) is 2.65. The number of benzene rings is 2. The fourth-order valence-electron chi connectivity index (χ4n) is 3.08. The molecule has 0 saturated carbocycles. The van der Waals surface area contributed by atoms with Crippen molar-refractivity contribution < 1.29 is 4.74 Å². The van der Waals surface area contributed by atoms with Crippen LogP contribution in [0, 0.1) is 3.57 Å². The summed E-state index contributed by atoms with van der Waals surface area (Å²) in [4.78, 5) is 1.76. The number of fused-ring (bicyclic) bond motifs is 1. The van der Waals surface area contributed by atoms with E-state index < -0.39 is 4.87 Å². The van der Waals surface area contributed by atoms with E-state index in [1.54, 1.807) is 7.11 Å². The van der Waals surface area contributed by atoms with Crippen molar-refractivity contribution in [1.29, 1.82) is 0 Å². The van der Waals surface area contributed by atoms with Gasteiger partial charge in [-0.05, 0) is 77.0 Å². The van der Waals surface area contributed by atoms with Crippen molar-refractivity contribution in [2.24, 2.45) is 0 Å². The first-order valence-electron chi connectivity index (χ1n) is 7.34. The number of methoxy groups -OCH3 is 1. The van der Waals surface area contributed by atoms with Gasteiger partial charge in [0, 0.05) is 16.7 Å². The summed E-state index contributed by atoms with van der Waals surface area (Å²) in [5, 5.41) is 0. The third-order valence-electron chi connectivity index (χ3n) is 4.30. The van der Waals surface area contributed by atoms with Gasteiger partial charge in [-0.2, -0.15) is 0 Å². The van der Waals surface area contributed by atoms with Gasteiger partial charge >= 0.3 is 0 Å². The number of hydrogen-bond donors (Lipinski definition) is 0. The SMILES string of the molecule is COc1ccc2c(c1)C(Cl)(c1ccc(I)cc1)CN(C)CC2. The molecule has 0 aromatic heterocycles. The van der Waals surface area contributed by atoms with Crippen LogP contribution in [0.5, 0.6) is 5.75 Å². The molecule has 2 nitrogen and oxygen atoms in total. The molecule has 0 amide bonds. The van der Waals surface area contributed by atoms with Crippen LogP contribution in [-0.2, 0) is 11.3 Å². The van der Waals surface area contributed by atoms with Crippen LogP contribution in [0.4, 0.5) is 0 Å². The second kappa shape index (κ2) is 6.38. The van der Waals surface area contributed by atoms with E-state index >= 15 is 0 Å². The summed E-state index contributed by atoms with van der Waals surface area (Å²) in [6, 6.07) is 14.8. The normalized spacial score (nSPS) is 22.0. The van der Waals surface area contributed by atoms with E-state index in [0.29, 0.717) is 0 Å². The molecule has 0 aliphatic carbocycles. The number of ether oxygens (including phenoxy) is 1. The van der Waals surface area contributed by atoms with Crippen LogP contribution in [0.15, 0.2) is 42.5 Å². The molecule has 1 aliphatic heterocycles. The lowest BCUT2D eigenvalue weighted by Gasteiger charge is -2.31. The Balaban J connectivity index is 2.17. The third-order valence-corrected chi connectivity index (χ3v) is 5.56. The van der Waals surface area contributed by atoms with Crippen molar-refractivity contribution in [1.82, 2.24) is 4.90 Å². The van der Waals surface area contributed by atoms with Crippen molar-refractivity contribution in [2.75, 3.05) is 27.2 Å². The fourth-order valence-corrected chi connectivity index (χ4v) is 3.94. The summed E-state index contributed by atoms with van der Waals surface area (Å²) in [7, 11) is 3.83. The Hall–Kier alpha value is -0.780. The van der Waals surface area contributed by atoms with Gasteiger partial charge in [-0.25, -0.2) is 0 Å². The molecule has 0 bridgehead atoms. The predicted molar refractivity (Wildman–Crippen MR) is 100.0 cm³/mol. The summed E-state index contributed by atoms with van der Waals surface area (Å²) in [5.41, 5.74) is 3.61. The Morgan fingerprint density at radius 2 is 1.91 bits per heavy atom. The van der Waals surface area contributed by atoms with Crippen LogP contribution in [0.25, 0.3) is 0 Å². The van der Waals surface area contributed by atoms with Gasteiger partial charge in [0.1, 0.15) is 10.6 Å². The topological polar surface area (TPSA) is 12.5 Å². The number of hydrogen-bond acceptors (Lipinski definition) is 2. The Morgan fingerprint density at radius 3 is 2.59 bits per heavy atom. The molecule has 4 heteroatoms. The number of alkyl halides is 1. The highest BCUT2D eigenvalue weighted by molar-refractivity contribution is 14.1. The average molecular weight is 428 g/mol. The monoisotopic (exact) mass is 427 g/mol. The Bertz CT molecular complexity index is 673. The van der Waals surface area contributed by atoms with Crippen LogP contribution in [-0.4, -0.2) is 32.1 Å². The number of halogens is 2. The first kappa shape index (κ1) is 16.1. The molecule has 1 aliphatic rings. The van der Waals surface area contributed by atoms with Gasteiger partial charge < -0.3 is 9.64 Å². The molecular formula is C18H19ClINO. The maximum absolute atomic E-state index is 7.21. The molecule has 1 atom stereocenters. The quantitative estimate of drug-likeness (QED) is 0.524. The van der Waals surface area contributed by atoms with Gasteiger partial charge in [-0.1, -0.05) is 18.2 Å². The van der Waals surface area contributed by atoms with Gasteiger partial charge in [0.05, 0.1) is 7.11 Å². The maximum Gasteiger partial charge on any atom is 0.119 e. The lowest BCUT2D eigenvalue weighted by atomic mass is 9.87. The summed E-state index contributed by atoms with van der Waals surface area (Å²) >= 11 is 9.53. The van der Waals surface area contributed by atoms with Crippen molar-refractivity contribution in [3.05, 3.63) is 62.7 Å². The van der Waals surface area contributed by atoms with Crippen molar-refractivity contribution in [3.63, 3.8) is 0 Å². The number of nitrogens with zero attached hydrogens (tertiary/aromatic N) is 1. The first-order chi connectivity index (χ1) is 10.5. The molecule has 116 valence electrons. The molecule has 0 fully saturated rings. The van der Waals surface area contributed by atoms with E-state index in [1.165, 1.54) is 14.7 Å². The Morgan fingerprint density at radius 1 is 1.18 bits per heavy atom. The van der Waals surface area contributed by atoms with Crippen LogP contribution >= 0.6 is 34.2 Å². The zero-order valence-corrected chi connectivity index (χ0v) is 15.7. The zero-order valence-electron chi connectivity index (χ0n) is 12.8. The molecule has 0 spiro atoms. The molecule has 2 aromatic carbocycles. The van der Waals surface area contributed by atoms with Crippen LogP contribution in [0.1, 0.15) is 16.7 Å². The lowest BCUT2D eigenvalue weighted by molar-refractivity contribution is 0.324. The molecule has 22 heavy (non-hydrogen) atoms. The van der Waals surface area contributed by atoms with Crippen molar-refractivity contribution >= 4 is 34.2 Å². The van der Waals surface area contributed by atoms with Crippen LogP contribution in [0.2, 0.25) is 0 Å². The van der Waals surface area contributed by atoms with E-state index in [9.17, 15) is 0 Å². The summed E-state index contributed by atoms with van der Waals surface area (Å²) in [6.45, 7) is 1.80. The van der Waals surface area contributed by atoms with Gasteiger partial charge in [-0.3, -0.25) is 0 Å². The van der Waals surface area contributed by atoms with E-state index in [-0.39, 0.29) is 0 Å². The molecule has 0 N–H and O–H groups in total. The second-order valence-electron chi connectivity index (χ2n) is 5.82. The van der Waals surface area contributed by atoms with Crippen molar-refractivity contribution in [2.45, 2.75) is 11.3 Å². The van der Waals surface area contributed by atoms with E-state index in [0.717, 1.165) is 30.8 Å². The lowest BCUT2D eigenvalue weighted by Crippen LogP contribution is -2.34. The van der Waals surface area contributed by atoms with Gasteiger partial charge in [0.2, 0.25) is 0 Å². The van der Waals surface area contributed by atoms with Crippen LogP contribution in [0.3, 0.4) is 0 Å². The summed E-state index contributed by atoms with van der Waals surface area (Å²) in [6.07, 6.45) is 1.01. The molecule has 0 radical (unpaired) electrons. The van der Waals surface area contributed by atoms with Crippen LogP contribution < -0.4 is 4.74 Å². The fraction of sp³-hybridized carbons (Fsp3) is 0.333. The van der Waals surface area contributed by atoms with E-state index in [4.69, 9.17) is 16.3 Å². The maximum atomic E-state index is 7.21. The predicted octanol–water partition coefficient (Wildman–Crippen LogP) is 4.27. The molecule has 1 heterocycles. The Kier molecular flexibility index (Phi) is 4.67.